The molecule has 30 heavy (non-hydrogen) atoms. The Balaban J connectivity index is 1.50. The van der Waals surface area contributed by atoms with Gasteiger partial charge in [0.05, 0.1) is 4.90 Å². The molecule has 2 heterocycles. The van der Waals surface area contributed by atoms with Crippen molar-refractivity contribution >= 4 is 21.2 Å². The van der Waals surface area contributed by atoms with Crippen LogP contribution in [0, 0.1) is 5.82 Å². The molecule has 8 heteroatoms. The number of nitrogens with one attached hydrogen (secondary N) is 1. The Morgan fingerprint density at radius 3 is 2.47 bits per heavy atom. The number of halogens is 1. The van der Waals surface area contributed by atoms with Crippen molar-refractivity contribution in [2.45, 2.75) is 24.3 Å². The highest BCUT2D eigenvalue weighted by molar-refractivity contribution is 7.89. The number of sulfonamides is 1. The van der Waals surface area contributed by atoms with E-state index in [2.05, 4.69) is 21.8 Å². The van der Waals surface area contributed by atoms with E-state index in [4.69, 9.17) is 4.98 Å². The van der Waals surface area contributed by atoms with Crippen LogP contribution < -0.4 is 4.72 Å². The molecule has 0 atom stereocenters. The standard InChI is InChI=1S/C22H21FN4O2S/c23-18-9-11-19(12-10-18)30(28,29)25-15-16-27-21(13-8-17-5-2-1-3-6-17)26-20-7-4-14-24-22(20)27/h1-7,9-12,14,25H,8,13,15-16H2. The number of fused-ring (bicyclic) bond motifs is 1. The molecular weight excluding hydrogens is 403 g/mol. The first-order chi connectivity index (χ1) is 14.5. The highest BCUT2D eigenvalue weighted by Crippen LogP contribution is 2.16. The van der Waals surface area contributed by atoms with Crippen molar-refractivity contribution in [1.29, 1.82) is 0 Å². The van der Waals surface area contributed by atoms with E-state index in [9.17, 15) is 12.8 Å². The Kier molecular flexibility index (Phi) is 5.87. The van der Waals surface area contributed by atoms with Gasteiger partial charge in [-0.05, 0) is 48.4 Å². The molecule has 0 aliphatic carbocycles. The number of hydrogen-bond donors (Lipinski definition) is 1. The van der Waals surface area contributed by atoms with E-state index in [1.165, 1.54) is 17.7 Å². The maximum absolute atomic E-state index is 13.1. The molecular formula is C22H21FN4O2S. The maximum atomic E-state index is 13.1. The zero-order valence-electron chi connectivity index (χ0n) is 16.2. The first-order valence-electron chi connectivity index (χ1n) is 9.62. The van der Waals surface area contributed by atoms with Crippen LogP contribution >= 0.6 is 0 Å². The molecule has 0 unspecified atom stereocenters. The third-order valence-electron chi connectivity index (χ3n) is 4.81. The van der Waals surface area contributed by atoms with Crippen LogP contribution in [0.15, 0.2) is 77.8 Å². The molecule has 0 bridgehead atoms. The molecule has 0 radical (unpaired) electrons. The number of hydrogen-bond acceptors (Lipinski definition) is 4. The SMILES string of the molecule is O=S(=O)(NCCn1c(CCc2ccccc2)nc2cccnc21)c1ccc(F)cc1. The largest absolute Gasteiger partial charge is 0.311 e. The zero-order valence-corrected chi connectivity index (χ0v) is 17.0. The second-order valence-corrected chi connectivity index (χ2v) is 8.63. The minimum absolute atomic E-state index is 0.0295. The van der Waals surface area contributed by atoms with Crippen molar-refractivity contribution in [2.75, 3.05) is 6.54 Å². The van der Waals surface area contributed by atoms with Crippen molar-refractivity contribution in [3.63, 3.8) is 0 Å². The van der Waals surface area contributed by atoms with Gasteiger partial charge >= 0.3 is 0 Å². The molecule has 4 rings (SSSR count). The molecule has 0 aliphatic heterocycles. The number of benzene rings is 2. The maximum Gasteiger partial charge on any atom is 0.240 e. The summed E-state index contributed by atoms with van der Waals surface area (Å²) in [4.78, 5) is 9.14. The summed E-state index contributed by atoms with van der Waals surface area (Å²) in [5.41, 5.74) is 2.71. The predicted octanol–water partition coefficient (Wildman–Crippen LogP) is 3.33. The predicted molar refractivity (Wildman–Crippen MR) is 113 cm³/mol. The van der Waals surface area contributed by atoms with E-state index in [1.54, 1.807) is 6.20 Å². The summed E-state index contributed by atoms with van der Waals surface area (Å²) in [7, 11) is -3.72. The van der Waals surface area contributed by atoms with Crippen molar-refractivity contribution < 1.29 is 12.8 Å². The van der Waals surface area contributed by atoms with Crippen molar-refractivity contribution in [3.8, 4) is 0 Å². The van der Waals surface area contributed by atoms with Gasteiger partial charge in [0.15, 0.2) is 5.65 Å². The molecule has 0 fully saturated rings. The van der Waals surface area contributed by atoms with Gasteiger partial charge in [-0.2, -0.15) is 0 Å². The Bertz CT molecular complexity index is 1240. The lowest BCUT2D eigenvalue weighted by atomic mass is 10.1. The van der Waals surface area contributed by atoms with Gasteiger partial charge < -0.3 is 4.57 Å². The fourth-order valence-corrected chi connectivity index (χ4v) is 4.34. The molecule has 0 spiro atoms. The van der Waals surface area contributed by atoms with E-state index in [0.29, 0.717) is 13.0 Å². The Hall–Kier alpha value is -3.10. The van der Waals surface area contributed by atoms with Gasteiger partial charge in [-0.15, -0.1) is 0 Å². The molecule has 154 valence electrons. The van der Waals surface area contributed by atoms with E-state index >= 15 is 0 Å². The summed E-state index contributed by atoms with van der Waals surface area (Å²) in [6.07, 6.45) is 3.24. The Morgan fingerprint density at radius 1 is 0.933 bits per heavy atom. The van der Waals surface area contributed by atoms with Crippen LogP contribution in [0.2, 0.25) is 0 Å². The first-order valence-corrected chi connectivity index (χ1v) is 11.1. The summed E-state index contributed by atoms with van der Waals surface area (Å²) in [5, 5.41) is 0. The molecule has 6 nitrogen and oxygen atoms in total. The van der Waals surface area contributed by atoms with Gasteiger partial charge in [0.1, 0.15) is 17.2 Å². The Labute approximate surface area is 174 Å². The number of aromatic nitrogens is 3. The quantitative estimate of drug-likeness (QED) is 0.471. The van der Waals surface area contributed by atoms with Gasteiger partial charge in [0.2, 0.25) is 10.0 Å². The normalized spacial score (nSPS) is 11.8. The van der Waals surface area contributed by atoms with Gasteiger partial charge in [0, 0.05) is 25.7 Å². The lowest BCUT2D eigenvalue weighted by molar-refractivity contribution is 0.569. The Morgan fingerprint density at radius 2 is 1.70 bits per heavy atom. The average Bonchev–Trinajstić information content (AvgIpc) is 3.11. The van der Waals surface area contributed by atoms with Crippen LogP contribution in [0.1, 0.15) is 11.4 Å². The lowest BCUT2D eigenvalue weighted by Crippen LogP contribution is -2.28. The molecule has 0 saturated heterocycles. The van der Waals surface area contributed by atoms with Crippen LogP contribution in [0.4, 0.5) is 4.39 Å². The van der Waals surface area contributed by atoms with E-state index in [1.807, 2.05) is 34.9 Å². The van der Waals surface area contributed by atoms with Gasteiger partial charge in [-0.1, -0.05) is 30.3 Å². The third-order valence-corrected chi connectivity index (χ3v) is 6.29. The fraction of sp³-hybridized carbons (Fsp3) is 0.182. The highest BCUT2D eigenvalue weighted by Gasteiger charge is 2.16. The van der Waals surface area contributed by atoms with E-state index < -0.39 is 15.8 Å². The number of rotatable bonds is 8. The zero-order chi connectivity index (χ0) is 21.0. The molecule has 0 amide bonds. The highest BCUT2D eigenvalue weighted by atomic mass is 32.2. The number of aryl methyl sites for hydroxylation is 2. The van der Waals surface area contributed by atoms with Crippen LogP contribution in [0.3, 0.4) is 0 Å². The summed E-state index contributed by atoms with van der Waals surface area (Å²) < 4.78 is 42.5. The van der Waals surface area contributed by atoms with E-state index in [0.717, 1.165) is 35.5 Å². The summed E-state index contributed by atoms with van der Waals surface area (Å²) in [5.74, 6) is 0.376. The van der Waals surface area contributed by atoms with Crippen LogP contribution in [-0.4, -0.2) is 29.5 Å². The third kappa shape index (κ3) is 4.55. The van der Waals surface area contributed by atoms with E-state index in [-0.39, 0.29) is 11.4 Å². The van der Waals surface area contributed by atoms with Gasteiger partial charge in [-0.3, -0.25) is 0 Å². The smallest absolute Gasteiger partial charge is 0.240 e. The van der Waals surface area contributed by atoms with Crippen LogP contribution in [-0.2, 0) is 29.4 Å². The van der Waals surface area contributed by atoms with Crippen molar-refractivity contribution in [3.05, 3.63) is 90.1 Å². The first kappa shape index (κ1) is 20.2. The number of nitrogens with zero attached hydrogens (tertiary/aromatic N) is 3. The molecule has 2 aromatic carbocycles. The number of pyridine rings is 1. The second kappa shape index (κ2) is 8.73. The number of imidazole rings is 1. The summed E-state index contributed by atoms with van der Waals surface area (Å²) in [6.45, 7) is 0.554. The van der Waals surface area contributed by atoms with Crippen LogP contribution in [0.5, 0.6) is 0 Å². The fourth-order valence-electron chi connectivity index (χ4n) is 3.32. The monoisotopic (exact) mass is 424 g/mol. The summed E-state index contributed by atoms with van der Waals surface area (Å²) >= 11 is 0. The van der Waals surface area contributed by atoms with Gasteiger partial charge in [-0.25, -0.2) is 27.5 Å². The minimum Gasteiger partial charge on any atom is -0.311 e. The topological polar surface area (TPSA) is 76.9 Å². The molecule has 1 N–H and O–H groups in total. The second-order valence-electron chi connectivity index (χ2n) is 6.86. The molecule has 4 aromatic rings. The minimum atomic E-state index is -3.72. The van der Waals surface area contributed by atoms with Gasteiger partial charge in [0.25, 0.3) is 0 Å². The molecule has 0 aliphatic rings. The van der Waals surface area contributed by atoms with Crippen molar-refractivity contribution in [2.24, 2.45) is 0 Å². The average molecular weight is 425 g/mol. The van der Waals surface area contributed by atoms with Crippen LogP contribution in [0.25, 0.3) is 11.2 Å². The lowest BCUT2D eigenvalue weighted by Gasteiger charge is -2.11. The van der Waals surface area contributed by atoms with Crippen molar-refractivity contribution in [1.82, 2.24) is 19.3 Å². The molecule has 2 aromatic heterocycles. The molecule has 0 saturated carbocycles. The summed E-state index contributed by atoms with van der Waals surface area (Å²) in [6, 6.07) is 18.6.